The Labute approximate surface area is 185 Å². The minimum Gasteiger partial charge on any atom is -0.506 e. The Morgan fingerprint density at radius 2 is 2.06 bits per heavy atom. The average Bonchev–Trinajstić information content (AvgIpc) is 3.48. The maximum absolute atomic E-state index is 13.3. The van der Waals surface area contributed by atoms with E-state index in [1.807, 2.05) is 19.3 Å². The van der Waals surface area contributed by atoms with Crippen LogP contribution in [0, 0.1) is 5.92 Å². The monoisotopic (exact) mass is 434 g/mol. The highest BCUT2D eigenvalue weighted by atomic mass is 16.5. The molecule has 8 heteroatoms. The van der Waals surface area contributed by atoms with E-state index in [1.165, 1.54) is 25.3 Å². The fourth-order valence-corrected chi connectivity index (χ4v) is 5.27. The number of hydrogen-bond acceptors (Lipinski definition) is 6. The number of carbonyl (C=O) groups excluding carboxylic acids is 2. The lowest BCUT2D eigenvalue weighted by atomic mass is 9.97. The van der Waals surface area contributed by atoms with Crippen LogP contribution in [0.3, 0.4) is 0 Å². The fraction of sp³-hybridized carbons (Fsp3) is 0.375. The zero-order chi connectivity index (χ0) is 22.4. The minimum absolute atomic E-state index is 0.0808. The van der Waals surface area contributed by atoms with Crippen molar-refractivity contribution >= 4 is 28.5 Å². The second-order valence-corrected chi connectivity index (χ2v) is 8.75. The van der Waals surface area contributed by atoms with Crippen LogP contribution in [0.4, 0.5) is 5.69 Å². The quantitative estimate of drug-likeness (QED) is 0.473. The third-order valence-electron chi connectivity index (χ3n) is 6.71. The van der Waals surface area contributed by atoms with Gasteiger partial charge in [-0.3, -0.25) is 14.4 Å². The number of rotatable bonds is 5. The number of nitrogens with zero attached hydrogens (tertiary/aromatic N) is 3. The van der Waals surface area contributed by atoms with Crippen LogP contribution in [0.2, 0.25) is 0 Å². The molecule has 2 aromatic carbocycles. The number of fused-ring (bicyclic) bond motifs is 3. The third-order valence-corrected chi connectivity index (χ3v) is 6.71. The Hall–Kier alpha value is -3.39. The van der Waals surface area contributed by atoms with Crippen LogP contribution in [0.25, 0.3) is 10.9 Å². The van der Waals surface area contributed by atoms with Crippen molar-refractivity contribution in [2.24, 2.45) is 13.0 Å². The van der Waals surface area contributed by atoms with E-state index in [1.54, 1.807) is 4.68 Å². The SMILES string of the molecule is COC(=O)c1ccc(O)c(NC(=O)[C@@H]2[C@H]3CC[C@H](C3)N2Cc2ccc3nn(C)cc3c2)c1. The number of ether oxygens (including phenoxy) is 1. The lowest BCUT2D eigenvalue weighted by Gasteiger charge is -2.34. The predicted molar refractivity (Wildman–Crippen MR) is 119 cm³/mol. The number of phenolic OH excluding ortho intramolecular Hbond substituents is 1. The molecule has 1 saturated heterocycles. The number of benzene rings is 2. The maximum Gasteiger partial charge on any atom is 0.337 e. The van der Waals surface area contributed by atoms with E-state index < -0.39 is 5.97 Å². The van der Waals surface area contributed by atoms with E-state index in [0.29, 0.717) is 12.6 Å². The number of piperidine rings is 1. The van der Waals surface area contributed by atoms with Crippen molar-refractivity contribution in [1.29, 1.82) is 0 Å². The number of amides is 1. The number of hydrogen-bond donors (Lipinski definition) is 2. The van der Waals surface area contributed by atoms with Crippen LogP contribution in [-0.4, -0.2) is 50.9 Å². The average molecular weight is 434 g/mol. The Bertz CT molecular complexity index is 1200. The molecule has 2 fully saturated rings. The highest BCUT2D eigenvalue weighted by Crippen LogP contribution is 2.44. The molecule has 1 saturated carbocycles. The number of aryl methyl sites for hydroxylation is 1. The molecule has 166 valence electrons. The van der Waals surface area contributed by atoms with Crippen molar-refractivity contribution in [2.45, 2.75) is 37.9 Å². The summed E-state index contributed by atoms with van der Waals surface area (Å²) in [4.78, 5) is 27.5. The van der Waals surface area contributed by atoms with Crippen molar-refractivity contribution in [2.75, 3.05) is 12.4 Å². The number of anilines is 1. The van der Waals surface area contributed by atoms with Crippen LogP contribution in [0.5, 0.6) is 5.75 Å². The second-order valence-electron chi connectivity index (χ2n) is 8.75. The number of methoxy groups -OCH3 is 1. The molecule has 1 amide bonds. The molecule has 3 atom stereocenters. The molecular weight excluding hydrogens is 408 g/mol. The van der Waals surface area contributed by atoms with Crippen molar-refractivity contribution in [3.05, 3.63) is 53.7 Å². The maximum atomic E-state index is 13.3. The number of aromatic hydroxyl groups is 1. The van der Waals surface area contributed by atoms with Gasteiger partial charge in [-0.15, -0.1) is 0 Å². The lowest BCUT2D eigenvalue weighted by molar-refractivity contribution is -0.123. The number of likely N-dealkylation sites (tertiary alicyclic amines) is 1. The molecule has 0 radical (unpaired) electrons. The summed E-state index contributed by atoms with van der Waals surface area (Å²) in [6.07, 6.45) is 5.11. The molecule has 3 aromatic rings. The number of nitrogens with one attached hydrogen (secondary N) is 1. The highest BCUT2D eigenvalue weighted by molar-refractivity contribution is 5.98. The normalized spacial score (nSPS) is 22.4. The molecular formula is C24H26N4O4. The molecule has 2 N–H and O–H groups in total. The van der Waals surface area contributed by atoms with Gasteiger partial charge in [0.1, 0.15) is 5.75 Å². The van der Waals surface area contributed by atoms with Gasteiger partial charge >= 0.3 is 5.97 Å². The van der Waals surface area contributed by atoms with E-state index in [0.717, 1.165) is 35.7 Å². The summed E-state index contributed by atoms with van der Waals surface area (Å²) in [5.41, 5.74) is 2.59. The largest absolute Gasteiger partial charge is 0.506 e. The standard InChI is InChI=1S/C24H26N4O4/c1-27-13-17-9-14(3-7-19(17)26-27)12-28-18-6-4-15(10-18)22(28)23(30)25-20-11-16(24(31)32-2)5-8-21(20)29/h3,5,7-9,11,13,15,18,22,29H,4,6,10,12H2,1-2H3,(H,25,30)/t15-,18+,22-/m0/s1. The van der Waals surface area contributed by atoms with Gasteiger partial charge in [0.25, 0.3) is 0 Å². The first kappa shape index (κ1) is 20.5. The fourth-order valence-electron chi connectivity index (χ4n) is 5.27. The van der Waals surface area contributed by atoms with Crippen molar-refractivity contribution in [3.63, 3.8) is 0 Å². The van der Waals surface area contributed by atoms with Crippen molar-refractivity contribution < 1.29 is 19.4 Å². The lowest BCUT2D eigenvalue weighted by Crippen LogP contribution is -2.47. The first-order valence-corrected chi connectivity index (χ1v) is 10.8. The van der Waals surface area contributed by atoms with Crippen LogP contribution >= 0.6 is 0 Å². The third kappa shape index (κ3) is 3.60. The van der Waals surface area contributed by atoms with Gasteiger partial charge in [-0.1, -0.05) is 6.07 Å². The predicted octanol–water partition coefficient (Wildman–Crippen LogP) is 3.06. The van der Waals surface area contributed by atoms with Gasteiger partial charge in [0, 0.05) is 31.2 Å². The molecule has 32 heavy (non-hydrogen) atoms. The van der Waals surface area contributed by atoms with Gasteiger partial charge in [0.05, 0.1) is 29.9 Å². The first-order chi connectivity index (χ1) is 15.4. The van der Waals surface area contributed by atoms with Crippen LogP contribution in [0.1, 0.15) is 35.2 Å². The van der Waals surface area contributed by atoms with Gasteiger partial charge < -0.3 is 15.2 Å². The Balaban J connectivity index is 1.38. The van der Waals surface area contributed by atoms with Crippen molar-refractivity contribution in [3.8, 4) is 5.75 Å². The molecule has 2 aliphatic rings. The number of aromatic nitrogens is 2. The van der Waals surface area contributed by atoms with Crippen molar-refractivity contribution in [1.82, 2.24) is 14.7 Å². The van der Waals surface area contributed by atoms with Gasteiger partial charge in [-0.25, -0.2) is 4.79 Å². The van der Waals surface area contributed by atoms with Crippen LogP contribution in [0.15, 0.2) is 42.6 Å². The van der Waals surface area contributed by atoms with E-state index in [-0.39, 0.29) is 34.9 Å². The summed E-state index contributed by atoms with van der Waals surface area (Å²) < 4.78 is 6.55. The summed E-state index contributed by atoms with van der Waals surface area (Å²) >= 11 is 0. The zero-order valence-corrected chi connectivity index (χ0v) is 18.1. The number of carbonyl (C=O) groups is 2. The van der Waals surface area contributed by atoms with Gasteiger partial charge in [0.2, 0.25) is 5.91 Å². The molecule has 0 unspecified atom stereocenters. The Morgan fingerprint density at radius 3 is 2.88 bits per heavy atom. The van der Waals surface area contributed by atoms with E-state index in [9.17, 15) is 14.7 Å². The number of esters is 1. The minimum atomic E-state index is -0.521. The first-order valence-electron chi connectivity index (χ1n) is 10.8. The molecule has 5 rings (SSSR count). The van der Waals surface area contributed by atoms with E-state index in [4.69, 9.17) is 4.74 Å². The second kappa shape index (κ2) is 7.94. The van der Waals surface area contributed by atoms with Gasteiger partial charge in [-0.2, -0.15) is 5.10 Å². The molecule has 0 spiro atoms. The summed E-state index contributed by atoms with van der Waals surface area (Å²) in [5, 5.41) is 18.6. The van der Waals surface area contributed by atoms with E-state index >= 15 is 0 Å². The number of phenols is 1. The molecule has 1 aliphatic carbocycles. The Morgan fingerprint density at radius 1 is 1.22 bits per heavy atom. The molecule has 2 heterocycles. The summed E-state index contributed by atoms with van der Waals surface area (Å²) in [6, 6.07) is 10.6. The molecule has 1 aromatic heterocycles. The van der Waals surface area contributed by atoms with Crippen LogP contribution < -0.4 is 5.32 Å². The van der Waals surface area contributed by atoms with Crippen LogP contribution in [-0.2, 0) is 23.1 Å². The summed E-state index contributed by atoms with van der Waals surface area (Å²) in [6.45, 7) is 0.679. The van der Waals surface area contributed by atoms with Gasteiger partial charge in [0.15, 0.2) is 0 Å². The highest BCUT2D eigenvalue weighted by Gasteiger charge is 2.49. The summed E-state index contributed by atoms with van der Waals surface area (Å²) in [5.74, 6) is -0.472. The summed E-state index contributed by atoms with van der Waals surface area (Å²) in [7, 11) is 3.20. The molecule has 1 aliphatic heterocycles. The Kier molecular flexibility index (Phi) is 5.09. The molecule has 8 nitrogen and oxygen atoms in total. The topological polar surface area (TPSA) is 96.7 Å². The zero-order valence-electron chi connectivity index (χ0n) is 18.1. The van der Waals surface area contributed by atoms with E-state index in [2.05, 4.69) is 27.4 Å². The van der Waals surface area contributed by atoms with Gasteiger partial charge in [-0.05, 0) is 61.1 Å². The smallest absolute Gasteiger partial charge is 0.337 e. The molecule has 2 bridgehead atoms.